The van der Waals surface area contributed by atoms with Crippen molar-refractivity contribution < 1.29 is 0 Å². The third-order valence-electron chi connectivity index (χ3n) is 2.70. The maximum absolute atomic E-state index is 6.26. The van der Waals surface area contributed by atoms with Crippen molar-refractivity contribution in [3.63, 3.8) is 0 Å². The quantitative estimate of drug-likeness (QED) is 0.841. The fraction of sp³-hybridized carbons (Fsp3) is 0.727. The molecule has 0 fully saturated rings. The first kappa shape index (κ1) is 12.5. The molecule has 0 amide bonds. The second-order valence-electron chi connectivity index (χ2n) is 4.07. The molecule has 1 aromatic rings. The SMILES string of the molecule is CCc1nn(C)c(CC(C)CCN)c1Cl. The minimum Gasteiger partial charge on any atom is -0.330 e. The van der Waals surface area contributed by atoms with Gasteiger partial charge < -0.3 is 5.73 Å². The molecule has 86 valence electrons. The summed E-state index contributed by atoms with van der Waals surface area (Å²) in [6, 6.07) is 0. The Hall–Kier alpha value is -0.540. The summed E-state index contributed by atoms with van der Waals surface area (Å²) in [5.41, 5.74) is 7.66. The Morgan fingerprint density at radius 3 is 2.67 bits per heavy atom. The van der Waals surface area contributed by atoms with Crippen LogP contribution in [0, 0.1) is 5.92 Å². The number of aryl methyl sites for hydroxylation is 2. The van der Waals surface area contributed by atoms with Crippen molar-refractivity contribution in [1.29, 1.82) is 0 Å². The number of aromatic nitrogens is 2. The van der Waals surface area contributed by atoms with E-state index >= 15 is 0 Å². The standard InChI is InChI=1S/C11H20ClN3/c1-4-9-11(12)10(15(3)14-9)7-8(2)5-6-13/h8H,4-7,13H2,1-3H3. The second kappa shape index (κ2) is 5.52. The molecule has 1 unspecified atom stereocenters. The first-order valence-electron chi connectivity index (χ1n) is 5.50. The van der Waals surface area contributed by atoms with Gasteiger partial charge >= 0.3 is 0 Å². The van der Waals surface area contributed by atoms with Gasteiger partial charge in [0.1, 0.15) is 0 Å². The van der Waals surface area contributed by atoms with Crippen LogP contribution >= 0.6 is 11.6 Å². The molecule has 1 aromatic heterocycles. The number of nitrogens with two attached hydrogens (primary N) is 1. The zero-order valence-corrected chi connectivity index (χ0v) is 10.5. The molecule has 0 radical (unpaired) electrons. The zero-order valence-electron chi connectivity index (χ0n) is 9.76. The lowest BCUT2D eigenvalue weighted by Crippen LogP contribution is -2.10. The largest absolute Gasteiger partial charge is 0.330 e. The lowest BCUT2D eigenvalue weighted by atomic mass is 10.0. The van der Waals surface area contributed by atoms with E-state index < -0.39 is 0 Å². The van der Waals surface area contributed by atoms with Crippen molar-refractivity contribution in [1.82, 2.24) is 9.78 Å². The molecule has 0 aliphatic rings. The van der Waals surface area contributed by atoms with Crippen molar-refractivity contribution in [3.05, 3.63) is 16.4 Å². The van der Waals surface area contributed by atoms with Crippen LogP contribution in [0.1, 0.15) is 31.7 Å². The van der Waals surface area contributed by atoms with Gasteiger partial charge in [0.05, 0.1) is 16.4 Å². The highest BCUT2D eigenvalue weighted by molar-refractivity contribution is 6.31. The second-order valence-corrected chi connectivity index (χ2v) is 4.45. The zero-order chi connectivity index (χ0) is 11.4. The summed E-state index contributed by atoms with van der Waals surface area (Å²) in [7, 11) is 1.95. The van der Waals surface area contributed by atoms with Gasteiger partial charge in [-0.3, -0.25) is 4.68 Å². The van der Waals surface area contributed by atoms with E-state index in [0.29, 0.717) is 5.92 Å². The van der Waals surface area contributed by atoms with Crippen LogP contribution in [-0.2, 0) is 19.9 Å². The summed E-state index contributed by atoms with van der Waals surface area (Å²) in [6.45, 7) is 5.00. The molecule has 1 atom stereocenters. The average Bonchev–Trinajstić information content (AvgIpc) is 2.45. The summed E-state index contributed by atoms with van der Waals surface area (Å²) in [5.74, 6) is 0.563. The van der Waals surface area contributed by atoms with E-state index in [4.69, 9.17) is 17.3 Å². The summed E-state index contributed by atoms with van der Waals surface area (Å²) in [4.78, 5) is 0. The topological polar surface area (TPSA) is 43.8 Å². The van der Waals surface area contributed by atoms with E-state index in [1.807, 2.05) is 11.7 Å². The predicted molar refractivity (Wildman–Crippen MR) is 64.1 cm³/mol. The van der Waals surface area contributed by atoms with E-state index in [2.05, 4.69) is 18.9 Å². The minimum atomic E-state index is 0.563. The molecule has 3 nitrogen and oxygen atoms in total. The molecule has 0 aromatic carbocycles. The molecule has 0 bridgehead atoms. The third kappa shape index (κ3) is 2.95. The van der Waals surface area contributed by atoms with Crippen molar-refractivity contribution in [3.8, 4) is 0 Å². The Morgan fingerprint density at radius 2 is 2.20 bits per heavy atom. The Morgan fingerprint density at radius 1 is 1.53 bits per heavy atom. The van der Waals surface area contributed by atoms with Gasteiger partial charge in [-0.15, -0.1) is 0 Å². The highest BCUT2D eigenvalue weighted by atomic mass is 35.5. The first-order valence-corrected chi connectivity index (χ1v) is 5.88. The molecule has 0 aliphatic carbocycles. The van der Waals surface area contributed by atoms with Gasteiger partial charge in [0.25, 0.3) is 0 Å². The molecular formula is C11H20ClN3. The van der Waals surface area contributed by atoms with E-state index in [1.165, 1.54) is 0 Å². The van der Waals surface area contributed by atoms with Gasteiger partial charge in [0.2, 0.25) is 0 Å². The van der Waals surface area contributed by atoms with Crippen molar-refractivity contribution >= 4 is 11.6 Å². The number of halogens is 1. The summed E-state index contributed by atoms with van der Waals surface area (Å²) < 4.78 is 1.90. The molecule has 2 N–H and O–H groups in total. The van der Waals surface area contributed by atoms with Crippen LogP contribution in [0.2, 0.25) is 5.02 Å². The van der Waals surface area contributed by atoms with Gasteiger partial charge in [-0.25, -0.2) is 0 Å². The summed E-state index contributed by atoms with van der Waals surface area (Å²) in [6.07, 6.45) is 2.88. The lowest BCUT2D eigenvalue weighted by molar-refractivity contribution is 0.516. The molecule has 0 aliphatic heterocycles. The summed E-state index contributed by atoms with van der Waals surface area (Å²) in [5, 5.41) is 5.23. The van der Waals surface area contributed by atoms with Crippen LogP contribution in [0.4, 0.5) is 0 Å². The van der Waals surface area contributed by atoms with Crippen LogP contribution in [0.3, 0.4) is 0 Å². The van der Waals surface area contributed by atoms with Crippen LogP contribution in [0.25, 0.3) is 0 Å². The van der Waals surface area contributed by atoms with Crippen molar-refractivity contribution in [2.45, 2.75) is 33.1 Å². The molecular weight excluding hydrogens is 210 g/mol. The van der Waals surface area contributed by atoms with Crippen LogP contribution in [-0.4, -0.2) is 16.3 Å². The van der Waals surface area contributed by atoms with Crippen LogP contribution in [0.5, 0.6) is 0 Å². The van der Waals surface area contributed by atoms with E-state index in [-0.39, 0.29) is 0 Å². The van der Waals surface area contributed by atoms with Crippen molar-refractivity contribution in [2.75, 3.05) is 6.54 Å². The van der Waals surface area contributed by atoms with Gasteiger partial charge in [0, 0.05) is 7.05 Å². The first-order chi connectivity index (χ1) is 7.10. The van der Waals surface area contributed by atoms with Gasteiger partial charge in [-0.1, -0.05) is 25.4 Å². The van der Waals surface area contributed by atoms with Crippen LogP contribution in [0.15, 0.2) is 0 Å². The molecule has 1 rings (SSSR count). The Labute approximate surface area is 96.6 Å². The van der Waals surface area contributed by atoms with Crippen molar-refractivity contribution in [2.24, 2.45) is 18.7 Å². The van der Waals surface area contributed by atoms with Gasteiger partial charge in [0.15, 0.2) is 0 Å². The smallest absolute Gasteiger partial charge is 0.0849 e. The number of hydrogen-bond donors (Lipinski definition) is 1. The average molecular weight is 230 g/mol. The van der Waals surface area contributed by atoms with Gasteiger partial charge in [-0.2, -0.15) is 5.10 Å². The van der Waals surface area contributed by atoms with E-state index in [0.717, 1.165) is 42.2 Å². The summed E-state index contributed by atoms with van der Waals surface area (Å²) >= 11 is 6.26. The highest BCUT2D eigenvalue weighted by Gasteiger charge is 2.14. The fourth-order valence-corrected chi connectivity index (χ4v) is 2.13. The normalized spacial score (nSPS) is 13.1. The Balaban J connectivity index is 2.80. The Kier molecular flexibility index (Phi) is 4.61. The van der Waals surface area contributed by atoms with E-state index in [9.17, 15) is 0 Å². The number of hydrogen-bond acceptors (Lipinski definition) is 2. The maximum atomic E-state index is 6.26. The molecule has 0 saturated heterocycles. The van der Waals surface area contributed by atoms with E-state index in [1.54, 1.807) is 0 Å². The molecule has 15 heavy (non-hydrogen) atoms. The minimum absolute atomic E-state index is 0.563. The molecule has 0 saturated carbocycles. The molecule has 4 heteroatoms. The third-order valence-corrected chi connectivity index (χ3v) is 3.14. The number of rotatable bonds is 5. The molecule has 0 spiro atoms. The van der Waals surface area contributed by atoms with Gasteiger partial charge in [-0.05, 0) is 31.7 Å². The predicted octanol–water partition coefficient (Wildman–Crippen LogP) is 2.16. The highest BCUT2D eigenvalue weighted by Crippen LogP contribution is 2.23. The molecule has 1 heterocycles. The lowest BCUT2D eigenvalue weighted by Gasteiger charge is -2.10. The fourth-order valence-electron chi connectivity index (χ4n) is 1.76. The number of nitrogens with zero attached hydrogens (tertiary/aromatic N) is 2. The van der Waals surface area contributed by atoms with Crippen LogP contribution < -0.4 is 5.73 Å². The maximum Gasteiger partial charge on any atom is 0.0849 e. The Bertz CT molecular complexity index is 320. The monoisotopic (exact) mass is 229 g/mol.